The van der Waals surface area contributed by atoms with Crippen LogP contribution in [0.4, 0.5) is 15.8 Å². The van der Waals surface area contributed by atoms with E-state index in [2.05, 4.69) is 10.3 Å². The van der Waals surface area contributed by atoms with Crippen molar-refractivity contribution in [2.75, 3.05) is 11.1 Å². The van der Waals surface area contributed by atoms with E-state index in [1.54, 1.807) is 12.4 Å². The van der Waals surface area contributed by atoms with Crippen LogP contribution in [-0.2, 0) is 11.2 Å². The predicted octanol–water partition coefficient (Wildman–Crippen LogP) is 2.37. The first-order valence-electron chi connectivity index (χ1n) is 5.89. The van der Waals surface area contributed by atoms with Crippen molar-refractivity contribution in [1.82, 2.24) is 4.98 Å². The molecule has 0 radical (unpaired) electrons. The first kappa shape index (κ1) is 13.0. The molecule has 4 nitrogen and oxygen atoms in total. The summed E-state index contributed by atoms with van der Waals surface area (Å²) in [6.45, 7) is 0. The lowest BCUT2D eigenvalue weighted by Gasteiger charge is -2.07. The second-order valence-corrected chi connectivity index (χ2v) is 4.14. The van der Waals surface area contributed by atoms with Crippen molar-refractivity contribution in [2.45, 2.75) is 12.8 Å². The van der Waals surface area contributed by atoms with E-state index in [1.165, 1.54) is 18.2 Å². The Balaban J connectivity index is 1.93. The van der Waals surface area contributed by atoms with E-state index in [1.807, 2.05) is 12.1 Å². The summed E-state index contributed by atoms with van der Waals surface area (Å²) in [4.78, 5) is 15.6. The smallest absolute Gasteiger partial charge is 0.224 e. The van der Waals surface area contributed by atoms with Gasteiger partial charge in [0.25, 0.3) is 0 Å². The fourth-order valence-electron chi connectivity index (χ4n) is 1.66. The summed E-state index contributed by atoms with van der Waals surface area (Å²) in [6.07, 6.45) is 4.20. The molecule has 0 fully saturated rings. The van der Waals surface area contributed by atoms with E-state index in [0.29, 0.717) is 12.1 Å². The largest absolute Gasteiger partial charge is 0.399 e. The van der Waals surface area contributed by atoms with E-state index in [4.69, 9.17) is 5.73 Å². The molecule has 2 rings (SSSR count). The Morgan fingerprint density at radius 3 is 2.74 bits per heavy atom. The average molecular weight is 259 g/mol. The van der Waals surface area contributed by atoms with Gasteiger partial charge in [0.15, 0.2) is 0 Å². The number of rotatable bonds is 4. The number of nitrogens with two attached hydrogens (primary N) is 1. The van der Waals surface area contributed by atoms with E-state index >= 15 is 0 Å². The third-order valence-corrected chi connectivity index (χ3v) is 2.65. The molecule has 0 saturated heterocycles. The van der Waals surface area contributed by atoms with Gasteiger partial charge in [-0.3, -0.25) is 9.78 Å². The van der Waals surface area contributed by atoms with E-state index < -0.39 is 5.82 Å². The Kier molecular flexibility index (Phi) is 4.07. The standard InChI is InChI=1S/C14H14FN3O/c15-12-3-2-11(16)9-13(12)18-14(19)4-1-10-5-7-17-8-6-10/h2-3,5-9H,1,4,16H2,(H,18,19). The Bertz CT molecular complexity index is 572. The number of halogens is 1. The Hall–Kier alpha value is -2.43. The zero-order valence-corrected chi connectivity index (χ0v) is 10.3. The number of hydrogen-bond donors (Lipinski definition) is 2. The summed E-state index contributed by atoms with van der Waals surface area (Å²) < 4.78 is 13.4. The van der Waals surface area contributed by atoms with E-state index in [9.17, 15) is 9.18 Å². The van der Waals surface area contributed by atoms with Crippen LogP contribution in [0.3, 0.4) is 0 Å². The van der Waals surface area contributed by atoms with Crippen molar-refractivity contribution in [3.8, 4) is 0 Å². The van der Waals surface area contributed by atoms with Gasteiger partial charge in [-0.2, -0.15) is 0 Å². The number of carbonyl (C=O) groups is 1. The molecule has 0 bridgehead atoms. The molecule has 1 aromatic carbocycles. The van der Waals surface area contributed by atoms with Gasteiger partial charge in [0.05, 0.1) is 5.69 Å². The van der Waals surface area contributed by atoms with Gasteiger partial charge in [0, 0.05) is 24.5 Å². The highest BCUT2D eigenvalue weighted by Gasteiger charge is 2.07. The van der Waals surface area contributed by atoms with Crippen LogP contribution in [0.25, 0.3) is 0 Å². The van der Waals surface area contributed by atoms with Crippen molar-refractivity contribution < 1.29 is 9.18 Å². The second kappa shape index (κ2) is 5.95. The normalized spacial score (nSPS) is 10.2. The maximum absolute atomic E-state index is 13.4. The van der Waals surface area contributed by atoms with Crippen LogP contribution in [0.15, 0.2) is 42.7 Å². The lowest BCUT2D eigenvalue weighted by Crippen LogP contribution is -2.13. The van der Waals surface area contributed by atoms with Crippen molar-refractivity contribution in [3.05, 3.63) is 54.1 Å². The van der Waals surface area contributed by atoms with Crippen LogP contribution in [-0.4, -0.2) is 10.9 Å². The highest BCUT2D eigenvalue weighted by molar-refractivity contribution is 5.91. The van der Waals surface area contributed by atoms with Crippen molar-refractivity contribution in [3.63, 3.8) is 0 Å². The number of carbonyl (C=O) groups excluding carboxylic acids is 1. The summed E-state index contributed by atoms with van der Waals surface area (Å²) in [5, 5.41) is 2.51. The van der Waals surface area contributed by atoms with Crippen LogP contribution < -0.4 is 11.1 Å². The number of aromatic nitrogens is 1. The van der Waals surface area contributed by atoms with Crippen LogP contribution >= 0.6 is 0 Å². The lowest BCUT2D eigenvalue weighted by atomic mass is 10.1. The summed E-state index contributed by atoms with van der Waals surface area (Å²) in [5.74, 6) is -0.743. The van der Waals surface area contributed by atoms with Gasteiger partial charge in [-0.05, 0) is 42.3 Å². The molecule has 1 heterocycles. The van der Waals surface area contributed by atoms with Gasteiger partial charge >= 0.3 is 0 Å². The minimum absolute atomic E-state index is 0.111. The van der Waals surface area contributed by atoms with Crippen LogP contribution in [0.1, 0.15) is 12.0 Å². The average Bonchev–Trinajstić information content (AvgIpc) is 2.42. The third kappa shape index (κ3) is 3.77. The highest BCUT2D eigenvalue weighted by Crippen LogP contribution is 2.17. The summed E-state index contributed by atoms with van der Waals surface area (Å²) in [7, 11) is 0. The molecule has 0 unspecified atom stereocenters. The van der Waals surface area contributed by atoms with Crippen LogP contribution in [0.5, 0.6) is 0 Å². The zero-order chi connectivity index (χ0) is 13.7. The zero-order valence-electron chi connectivity index (χ0n) is 10.3. The monoisotopic (exact) mass is 259 g/mol. The summed E-state index contributed by atoms with van der Waals surface area (Å²) >= 11 is 0. The molecule has 0 saturated carbocycles. The molecule has 5 heteroatoms. The maximum Gasteiger partial charge on any atom is 0.224 e. The van der Waals surface area contributed by atoms with Crippen LogP contribution in [0, 0.1) is 5.82 Å². The number of anilines is 2. The van der Waals surface area contributed by atoms with E-state index in [0.717, 1.165) is 5.56 Å². The molecule has 1 amide bonds. The number of nitrogens with one attached hydrogen (secondary N) is 1. The van der Waals surface area contributed by atoms with E-state index in [-0.39, 0.29) is 18.0 Å². The number of nitrogens with zero attached hydrogens (tertiary/aromatic N) is 1. The fourth-order valence-corrected chi connectivity index (χ4v) is 1.66. The lowest BCUT2D eigenvalue weighted by molar-refractivity contribution is -0.116. The molecular weight excluding hydrogens is 245 g/mol. The highest BCUT2D eigenvalue weighted by atomic mass is 19.1. The number of pyridine rings is 1. The second-order valence-electron chi connectivity index (χ2n) is 4.14. The maximum atomic E-state index is 13.4. The molecule has 0 aliphatic heterocycles. The van der Waals surface area contributed by atoms with Gasteiger partial charge in [0.1, 0.15) is 5.82 Å². The molecule has 3 N–H and O–H groups in total. The van der Waals surface area contributed by atoms with Crippen molar-refractivity contribution >= 4 is 17.3 Å². The predicted molar refractivity (Wildman–Crippen MR) is 72.0 cm³/mol. The molecule has 0 spiro atoms. The van der Waals surface area contributed by atoms with Gasteiger partial charge in [0.2, 0.25) is 5.91 Å². The summed E-state index contributed by atoms with van der Waals surface area (Å²) in [6, 6.07) is 7.76. The molecule has 0 aliphatic carbocycles. The summed E-state index contributed by atoms with van der Waals surface area (Å²) in [5.41, 5.74) is 7.07. The van der Waals surface area contributed by atoms with Crippen molar-refractivity contribution in [1.29, 1.82) is 0 Å². The third-order valence-electron chi connectivity index (χ3n) is 2.65. The van der Waals surface area contributed by atoms with Gasteiger partial charge in [-0.15, -0.1) is 0 Å². The first-order chi connectivity index (χ1) is 9.15. The molecule has 0 aliphatic rings. The molecule has 19 heavy (non-hydrogen) atoms. The molecule has 0 atom stereocenters. The number of benzene rings is 1. The van der Waals surface area contributed by atoms with Gasteiger partial charge < -0.3 is 11.1 Å². The Labute approximate surface area is 110 Å². The fraction of sp³-hybridized carbons (Fsp3) is 0.143. The SMILES string of the molecule is Nc1ccc(F)c(NC(=O)CCc2ccncc2)c1. The van der Waals surface area contributed by atoms with Crippen LogP contribution in [0.2, 0.25) is 0 Å². The molecule has 98 valence electrons. The molecule has 1 aromatic heterocycles. The quantitative estimate of drug-likeness (QED) is 0.828. The molecule has 2 aromatic rings. The molecular formula is C14H14FN3O. The van der Waals surface area contributed by atoms with Crippen molar-refractivity contribution in [2.24, 2.45) is 0 Å². The number of amides is 1. The number of aryl methyl sites for hydroxylation is 1. The van der Waals surface area contributed by atoms with Gasteiger partial charge in [-0.1, -0.05) is 0 Å². The minimum Gasteiger partial charge on any atom is -0.399 e. The topological polar surface area (TPSA) is 68.0 Å². The Morgan fingerprint density at radius 2 is 2.00 bits per heavy atom. The van der Waals surface area contributed by atoms with Gasteiger partial charge in [-0.25, -0.2) is 4.39 Å². The number of hydrogen-bond acceptors (Lipinski definition) is 3. The minimum atomic E-state index is -0.494. The number of nitrogen functional groups attached to an aromatic ring is 1. The first-order valence-corrected chi connectivity index (χ1v) is 5.89. The Morgan fingerprint density at radius 1 is 1.26 bits per heavy atom.